The summed E-state index contributed by atoms with van der Waals surface area (Å²) in [6, 6.07) is 54.8. The van der Waals surface area contributed by atoms with E-state index in [2.05, 4.69) is 140 Å². The molecule has 5 aliphatic rings. The lowest BCUT2D eigenvalue weighted by molar-refractivity contribution is 0.0872. The Morgan fingerprint density at radius 2 is 0.863 bits per heavy atom. The van der Waals surface area contributed by atoms with Crippen molar-refractivity contribution in [1.82, 2.24) is 0 Å². The monoisotopic (exact) mass is 660 g/mol. The van der Waals surface area contributed by atoms with Gasteiger partial charge in [-0.3, -0.25) is 0 Å². The Kier molecular flexibility index (Phi) is 6.46. The van der Waals surface area contributed by atoms with E-state index in [-0.39, 0.29) is 16.7 Å². The van der Waals surface area contributed by atoms with Crippen LogP contribution in [0.3, 0.4) is 0 Å². The second-order valence-corrected chi connectivity index (χ2v) is 16.4. The average molecular weight is 661 g/mol. The summed E-state index contributed by atoms with van der Waals surface area (Å²) in [4.78, 5) is 0. The Balaban J connectivity index is 1.35. The molecule has 6 unspecified atom stereocenters. The van der Waals surface area contributed by atoms with E-state index >= 15 is 0 Å². The second kappa shape index (κ2) is 11.1. The Hall–Kier alpha value is -4.88. The SMILES string of the molecule is COc1ccc2c(c1)C13CC4CC5(CC(CCCC(C1)c1ccccc1-2)c1ccccc1-c1ccccc1C53)c1ccccc1-c1ccccc14. The molecule has 0 heterocycles. The Bertz CT molecular complexity index is 2350. The van der Waals surface area contributed by atoms with Crippen LogP contribution in [-0.4, -0.2) is 7.11 Å². The molecular formula is C50H44O. The van der Waals surface area contributed by atoms with Gasteiger partial charge in [-0.25, -0.2) is 0 Å². The fraction of sp³-hybridized carbons (Fsp3) is 0.280. The van der Waals surface area contributed by atoms with Gasteiger partial charge in [0.05, 0.1) is 7.11 Å². The van der Waals surface area contributed by atoms with Crippen LogP contribution in [0.4, 0.5) is 0 Å². The van der Waals surface area contributed by atoms with Crippen LogP contribution in [0.5, 0.6) is 5.75 Å². The lowest BCUT2D eigenvalue weighted by Crippen LogP contribution is -2.53. The molecule has 2 saturated carbocycles. The lowest BCUT2D eigenvalue weighted by atomic mass is 9.42. The number of fused-ring (bicyclic) bond motifs is 15. The minimum absolute atomic E-state index is 0.0778. The van der Waals surface area contributed by atoms with E-state index in [1.165, 1.54) is 71.0 Å². The van der Waals surface area contributed by atoms with E-state index in [9.17, 15) is 0 Å². The Morgan fingerprint density at radius 3 is 1.47 bits per heavy atom. The molecule has 2 fully saturated rings. The van der Waals surface area contributed by atoms with Crippen LogP contribution < -0.4 is 4.74 Å². The molecule has 6 aromatic carbocycles. The van der Waals surface area contributed by atoms with Crippen molar-refractivity contribution in [3.05, 3.63) is 173 Å². The zero-order chi connectivity index (χ0) is 33.7. The smallest absolute Gasteiger partial charge is 0.119 e. The number of hydrogen-bond donors (Lipinski definition) is 0. The summed E-state index contributed by atoms with van der Waals surface area (Å²) >= 11 is 0. The predicted molar refractivity (Wildman–Crippen MR) is 209 cm³/mol. The van der Waals surface area contributed by atoms with Gasteiger partial charge in [-0.05, 0) is 135 Å². The van der Waals surface area contributed by atoms with Crippen molar-refractivity contribution in [2.24, 2.45) is 0 Å². The van der Waals surface area contributed by atoms with Gasteiger partial charge in [0.2, 0.25) is 0 Å². The molecule has 250 valence electrons. The van der Waals surface area contributed by atoms with Gasteiger partial charge in [-0.1, -0.05) is 134 Å². The highest BCUT2D eigenvalue weighted by molar-refractivity contribution is 5.81. The van der Waals surface area contributed by atoms with E-state index in [1.807, 2.05) is 7.11 Å². The van der Waals surface area contributed by atoms with E-state index < -0.39 is 0 Å². The van der Waals surface area contributed by atoms with Crippen LogP contribution in [0.15, 0.2) is 140 Å². The minimum atomic E-state index is -0.134. The summed E-state index contributed by atoms with van der Waals surface area (Å²) in [5.41, 5.74) is 17.7. The maximum Gasteiger partial charge on any atom is 0.119 e. The molecular weight excluding hydrogens is 617 g/mol. The molecule has 0 saturated heterocycles. The van der Waals surface area contributed by atoms with Crippen molar-refractivity contribution in [3.63, 3.8) is 0 Å². The van der Waals surface area contributed by atoms with Gasteiger partial charge in [0, 0.05) is 16.7 Å². The summed E-state index contributed by atoms with van der Waals surface area (Å²) in [6.45, 7) is 0. The molecule has 2 spiro atoms. The second-order valence-electron chi connectivity index (χ2n) is 16.4. The highest BCUT2D eigenvalue weighted by atomic mass is 16.5. The predicted octanol–water partition coefficient (Wildman–Crippen LogP) is 12.7. The fourth-order valence-corrected chi connectivity index (χ4v) is 12.6. The molecule has 0 amide bonds. The van der Waals surface area contributed by atoms with Gasteiger partial charge in [0.25, 0.3) is 0 Å². The van der Waals surface area contributed by atoms with Crippen LogP contribution >= 0.6 is 0 Å². The first-order valence-corrected chi connectivity index (χ1v) is 19.3. The number of ether oxygens (including phenoxy) is 1. The third-order valence-corrected chi connectivity index (χ3v) is 14.2. The van der Waals surface area contributed by atoms with Crippen molar-refractivity contribution in [3.8, 4) is 39.1 Å². The van der Waals surface area contributed by atoms with Gasteiger partial charge in [0.15, 0.2) is 0 Å². The molecule has 6 bridgehead atoms. The first-order chi connectivity index (χ1) is 25.2. The third-order valence-electron chi connectivity index (χ3n) is 14.2. The molecule has 0 aromatic heterocycles. The maximum absolute atomic E-state index is 6.15. The molecule has 0 N–H and O–H groups in total. The van der Waals surface area contributed by atoms with E-state index in [1.54, 1.807) is 27.8 Å². The van der Waals surface area contributed by atoms with Gasteiger partial charge >= 0.3 is 0 Å². The molecule has 11 rings (SSSR count). The van der Waals surface area contributed by atoms with Crippen molar-refractivity contribution in [1.29, 1.82) is 0 Å². The van der Waals surface area contributed by atoms with Crippen LogP contribution in [0.25, 0.3) is 33.4 Å². The van der Waals surface area contributed by atoms with Crippen LogP contribution in [-0.2, 0) is 10.8 Å². The molecule has 6 aromatic rings. The first-order valence-electron chi connectivity index (χ1n) is 19.3. The summed E-state index contributed by atoms with van der Waals surface area (Å²) in [6.07, 6.45) is 8.32. The molecule has 0 aliphatic heterocycles. The van der Waals surface area contributed by atoms with Gasteiger partial charge in [-0.15, -0.1) is 0 Å². The first kappa shape index (κ1) is 29.8. The molecule has 0 radical (unpaired) electrons. The zero-order valence-corrected chi connectivity index (χ0v) is 29.4. The van der Waals surface area contributed by atoms with E-state index in [4.69, 9.17) is 4.74 Å². The molecule has 51 heavy (non-hydrogen) atoms. The van der Waals surface area contributed by atoms with E-state index in [0.717, 1.165) is 18.6 Å². The molecule has 1 nitrogen and oxygen atoms in total. The highest BCUT2D eigenvalue weighted by Gasteiger charge is 2.62. The quantitative estimate of drug-likeness (QED) is 0.171. The number of benzene rings is 6. The lowest BCUT2D eigenvalue weighted by Gasteiger charge is -2.61. The highest BCUT2D eigenvalue weighted by Crippen LogP contribution is 2.72. The van der Waals surface area contributed by atoms with Gasteiger partial charge in [-0.2, -0.15) is 0 Å². The number of methoxy groups -OCH3 is 1. The Labute approximate surface area is 302 Å². The van der Waals surface area contributed by atoms with Crippen LogP contribution in [0.1, 0.15) is 102 Å². The largest absolute Gasteiger partial charge is 0.497 e. The summed E-state index contributed by atoms with van der Waals surface area (Å²) < 4.78 is 6.15. The topological polar surface area (TPSA) is 9.23 Å². The minimum Gasteiger partial charge on any atom is -0.497 e. The molecule has 5 aliphatic carbocycles. The van der Waals surface area contributed by atoms with Gasteiger partial charge in [0.1, 0.15) is 5.75 Å². The van der Waals surface area contributed by atoms with Crippen molar-refractivity contribution >= 4 is 0 Å². The van der Waals surface area contributed by atoms with E-state index in [0.29, 0.717) is 17.8 Å². The summed E-state index contributed by atoms with van der Waals surface area (Å²) in [5, 5.41) is 0. The van der Waals surface area contributed by atoms with Crippen LogP contribution in [0, 0.1) is 0 Å². The van der Waals surface area contributed by atoms with Crippen LogP contribution in [0.2, 0.25) is 0 Å². The molecule has 6 atom stereocenters. The zero-order valence-electron chi connectivity index (χ0n) is 29.4. The Morgan fingerprint density at radius 1 is 0.431 bits per heavy atom. The number of hydrogen-bond acceptors (Lipinski definition) is 1. The van der Waals surface area contributed by atoms with Gasteiger partial charge < -0.3 is 4.74 Å². The summed E-state index contributed by atoms with van der Waals surface area (Å²) in [5.74, 6) is 2.65. The van der Waals surface area contributed by atoms with Crippen molar-refractivity contribution in [2.45, 2.75) is 79.4 Å². The standard InChI is InChI=1S/C50H44O/c1-51-35-25-26-44-40-19-6-3-16-37(40)33-14-12-13-32-28-49-30-34(38-17-4-7-20-41(38)43-22-10-11-24-46(43)49)31-50(29-33,47(44)27-35)48(49)45-23-9-8-21-42(45)39-18-5-2-15-36(32)39/h2-11,15-27,32-34,48H,12-14,28-31H2,1H3. The fourth-order valence-electron chi connectivity index (χ4n) is 12.6. The van der Waals surface area contributed by atoms with Crippen molar-refractivity contribution < 1.29 is 4.74 Å². The van der Waals surface area contributed by atoms with Crippen molar-refractivity contribution in [2.75, 3.05) is 7.11 Å². The maximum atomic E-state index is 6.15. The molecule has 1 heteroatoms. The summed E-state index contributed by atoms with van der Waals surface area (Å²) in [7, 11) is 1.85. The normalized spacial score (nSPS) is 27.7. The third kappa shape index (κ3) is 4.10. The number of rotatable bonds is 1. The average Bonchev–Trinajstić information content (AvgIpc) is 3.35.